The van der Waals surface area contributed by atoms with Crippen molar-refractivity contribution in [2.24, 2.45) is 34.1 Å². The van der Waals surface area contributed by atoms with Crippen LogP contribution in [0.1, 0.15) is 106 Å². The van der Waals surface area contributed by atoms with Crippen LogP contribution in [-0.4, -0.2) is 17.3 Å². The van der Waals surface area contributed by atoms with Gasteiger partial charge in [-0.1, -0.05) is 50.7 Å². The lowest BCUT2D eigenvalue weighted by atomic mass is 9.53. The molecule has 5 aliphatic rings. The third-order valence-corrected chi connectivity index (χ3v) is 10.1. The molecule has 3 nitrogen and oxygen atoms in total. The van der Waals surface area contributed by atoms with E-state index in [4.69, 9.17) is 4.99 Å². The molecule has 1 spiro atoms. The number of hydrogen-bond donors (Lipinski definition) is 0. The van der Waals surface area contributed by atoms with Crippen molar-refractivity contribution in [1.82, 2.24) is 0 Å². The molecule has 4 saturated carbocycles. The monoisotopic (exact) mass is 511 g/mol. The van der Waals surface area contributed by atoms with Crippen LogP contribution in [0.5, 0.6) is 0 Å². The van der Waals surface area contributed by atoms with E-state index in [0.717, 1.165) is 94.2 Å². The van der Waals surface area contributed by atoms with Crippen LogP contribution in [-0.2, 0) is 11.0 Å². The highest BCUT2D eigenvalue weighted by Gasteiger charge is 2.54. The number of benzene rings is 1. The topological polar surface area (TPSA) is 46.5 Å². The molecule has 0 bridgehead atoms. The minimum atomic E-state index is -4.45. The van der Waals surface area contributed by atoms with Gasteiger partial charge in [0.1, 0.15) is 5.78 Å². The second-order valence-electron chi connectivity index (χ2n) is 12.4. The smallest absolute Gasteiger partial charge is 0.299 e. The van der Waals surface area contributed by atoms with Crippen molar-refractivity contribution in [2.75, 3.05) is 0 Å². The molecule has 0 saturated heterocycles. The highest BCUT2D eigenvalue weighted by molar-refractivity contribution is 6.15. The molecule has 4 fully saturated rings. The normalized spacial score (nSPS) is 28.7. The summed E-state index contributed by atoms with van der Waals surface area (Å²) in [5, 5.41) is 0. The third kappa shape index (κ3) is 4.52. The number of Topliss-reactive ketones (excluding diaryl/α,β-unsaturated/α-hetero) is 2. The van der Waals surface area contributed by atoms with E-state index >= 15 is 0 Å². The molecule has 1 aromatic rings. The van der Waals surface area contributed by atoms with Gasteiger partial charge in [-0.05, 0) is 68.4 Å². The Labute approximate surface area is 217 Å². The van der Waals surface area contributed by atoms with E-state index in [9.17, 15) is 22.8 Å². The Bertz CT molecular complexity index is 1130. The van der Waals surface area contributed by atoms with Crippen LogP contribution in [0, 0.1) is 29.1 Å². The molecule has 6 heteroatoms. The quantitative estimate of drug-likeness (QED) is 0.383. The second kappa shape index (κ2) is 9.50. The van der Waals surface area contributed by atoms with E-state index in [1.54, 1.807) is 0 Å². The zero-order chi connectivity index (χ0) is 25.8. The maximum absolute atomic E-state index is 14.2. The van der Waals surface area contributed by atoms with Gasteiger partial charge in [0.25, 0.3) is 0 Å². The van der Waals surface area contributed by atoms with Gasteiger partial charge in [0.2, 0.25) is 0 Å². The first kappa shape index (κ1) is 25.1. The fourth-order valence-corrected chi connectivity index (χ4v) is 8.07. The number of carbonyl (C=O) groups excluding carboxylic acids is 2. The molecule has 2 atom stereocenters. The number of aliphatic imine (C=N–C) groups is 1. The van der Waals surface area contributed by atoms with Crippen LogP contribution < -0.4 is 0 Å². The molecular formula is C31H36F3NO2. The zero-order valence-corrected chi connectivity index (χ0v) is 21.4. The first-order valence-electron chi connectivity index (χ1n) is 14.3. The van der Waals surface area contributed by atoms with Crippen molar-refractivity contribution in [3.8, 4) is 0 Å². The van der Waals surface area contributed by atoms with Crippen molar-refractivity contribution in [3.05, 3.63) is 46.7 Å². The summed E-state index contributed by atoms with van der Waals surface area (Å²) in [6.07, 6.45) is 9.85. The van der Waals surface area contributed by atoms with Crippen LogP contribution in [0.3, 0.4) is 0 Å². The summed E-state index contributed by atoms with van der Waals surface area (Å²) >= 11 is 0. The lowest BCUT2D eigenvalue weighted by Crippen LogP contribution is -2.50. The Morgan fingerprint density at radius 1 is 0.865 bits per heavy atom. The Balaban J connectivity index is 1.48. The van der Waals surface area contributed by atoms with Gasteiger partial charge in [-0.2, -0.15) is 13.2 Å². The van der Waals surface area contributed by atoms with E-state index in [2.05, 4.69) is 0 Å². The molecule has 4 aliphatic carbocycles. The van der Waals surface area contributed by atoms with E-state index in [1.165, 1.54) is 25.0 Å². The minimum Gasteiger partial charge on any atom is -0.299 e. The van der Waals surface area contributed by atoms with E-state index in [0.29, 0.717) is 12.0 Å². The molecule has 0 N–H and O–H groups in total. The second-order valence-corrected chi connectivity index (χ2v) is 12.4. The first-order chi connectivity index (χ1) is 17.8. The molecule has 6 rings (SSSR count). The molecule has 0 aromatic heterocycles. The van der Waals surface area contributed by atoms with Gasteiger partial charge < -0.3 is 0 Å². The predicted molar refractivity (Wildman–Crippen MR) is 136 cm³/mol. The van der Waals surface area contributed by atoms with Crippen molar-refractivity contribution in [1.29, 1.82) is 0 Å². The van der Waals surface area contributed by atoms with Crippen LogP contribution in [0.25, 0.3) is 0 Å². The van der Waals surface area contributed by atoms with Gasteiger partial charge in [-0.15, -0.1) is 0 Å². The van der Waals surface area contributed by atoms with Crippen LogP contribution >= 0.6 is 0 Å². The standard InChI is InChI=1S/C31H36F3NO2/c32-31(33,34)22-13-11-21(12-14-22)29(37)27-25(19-7-2-1-3-8-19)26-23(35-28(27)20-9-4-5-10-20)17-30(15-6-16-30)18-24(26)36/h11-14,19-20,25-26H,1-10,15-18H2. The predicted octanol–water partition coefficient (Wildman–Crippen LogP) is 8.13. The molecule has 1 heterocycles. The van der Waals surface area contributed by atoms with Crippen molar-refractivity contribution in [3.63, 3.8) is 0 Å². The van der Waals surface area contributed by atoms with Gasteiger partial charge in [-0.25, -0.2) is 0 Å². The van der Waals surface area contributed by atoms with Crippen molar-refractivity contribution in [2.45, 2.75) is 96.1 Å². The largest absolute Gasteiger partial charge is 0.416 e. The zero-order valence-electron chi connectivity index (χ0n) is 21.4. The Morgan fingerprint density at radius 3 is 2.11 bits per heavy atom. The summed E-state index contributed by atoms with van der Waals surface area (Å²) in [7, 11) is 0. The highest BCUT2D eigenvalue weighted by Crippen LogP contribution is 2.56. The highest BCUT2D eigenvalue weighted by atomic mass is 19.4. The molecular weight excluding hydrogens is 475 g/mol. The summed E-state index contributed by atoms with van der Waals surface area (Å²) in [4.78, 5) is 33.3. The fraction of sp³-hybridized carbons (Fsp3) is 0.645. The summed E-state index contributed by atoms with van der Waals surface area (Å²) in [5.74, 6) is -0.0686. The number of hydrogen-bond acceptors (Lipinski definition) is 3. The van der Waals surface area contributed by atoms with Crippen molar-refractivity contribution < 1.29 is 22.8 Å². The summed E-state index contributed by atoms with van der Waals surface area (Å²) in [5.41, 5.74) is 2.13. The molecule has 1 aliphatic heterocycles. The minimum absolute atomic E-state index is 0.0687. The molecule has 0 amide bonds. The Morgan fingerprint density at radius 2 is 1.51 bits per heavy atom. The van der Waals surface area contributed by atoms with Gasteiger partial charge in [0.15, 0.2) is 5.78 Å². The number of halogens is 3. The molecule has 37 heavy (non-hydrogen) atoms. The SMILES string of the molecule is O=C(C1=C(C2CCCC2)N=C2CC3(CCC3)CC(=O)C2C1C1CCCCC1)c1ccc(C(F)(F)F)cc1. The fourth-order valence-electron chi connectivity index (χ4n) is 8.07. The van der Waals surface area contributed by atoms with Gasteiger partial charge in [0.05, 0.1) is 17.2 Å². The van der Waals surface area contributed by atoms with Crippen LogP contribution in [0.2, 0.25) is 0 Å². The van der Waals surface area contributed by atoms with Gasteiger partial charge in [0, 0.05) is 35.1 Å². The maximum Gasteiger partial charge on any atom is 0.416 e. The number of allylic oxidation sites excluding steroid dienone is 2. The summed E-state index contributed by atoms with van der Waals surface area (Å²) in [6, 6.07) is 4.63. The van der Waals surface area contributed by atoms with Crippen LogP contribution in [0.4, 0.5) is 13.2 Å². The van der Waals surface area contributed by atoms with Crippen molar-refractivity contribution >= 4 is 17.3 Å². The maximum atomic E-state index is 14.2. The lowest BCUT2D eigenvalue weighted by molar-refractivity contribution is -0.137. The molecule has 2 unspecified atom stereocenters. The first-order valence-corrected chi connectivity index (χ1v) is 14.3. The van der Waals surface area contributed by atoms with Gasteiger partial charge >= 0.3 is 6.18 Å². The molecule has 0 radical (unpaired) electrons. The number of fused-ring (bicyclic) bond motifs is 1. The lowest BCUT2D eigenvalue weighted by Gasteiger charge is -2.50. The third-order valence-electron chi connectivity index (χ3n) is 10.1. The number of rotatable bonds is 4. The number of ketones is 2. The Kier molecular flexibility index (Phi) is 6.43. The van der Waals surface area contributed by atoms with E-state index < -0.39 is 11.7 Å². The molecule has 198 valence electrons. The average molecular weight is 512 g/mol. The Hall–Kier alpha value is -2.24. The van der Waals surface area contributed by atoms with E-state index in [-0.39, 0.29) is 46.2 Å². The number of carbonyl (C=O) groups is 2. The summed E-state index contributed by atoms with van der Waals surface area (Å²) < 4.78 is 39.7. The van der Waals surface area contributed by atoms with Gasteiger partial charge in [-0.3, -0.25) is 14.6 Å². The number of nitrogens with zero attached hydrogens (tertiary/aromatic N) is 1. The van der Waals surface area contributed by atoms with Crippen LogP contribution in [0.15, 0.2) is 40.5 Å². The summed E-state index contributed by atoms with van der Waals surface area (Å²) in [6.45, 7) is 0. The average Bonchev–Trinajstić information content (AvgIpc) is 3.41. The van der Waals surface area contributed by atoms with E-state index in [1.807, 2.05) is 0 Å². The molecule has 1 aromatic carbocycles. The number of alkyl halides is 3.